The highest BCUT2D eigenvalue weighted by atomic mass is 35.5. The van der Waals surface area contributed by atoms with Gasteiger partial charge < -0.3 is 14.6 Å². The number of benzene rings is 1. The molecular formula is C19H22ClN3O. The number of aryl methyl sites for hydroxylation is 2. The van der Waals surface area contributed by atoms with Crippen LogP contribution < -0.4 is 10.1 Å². The van der Waals surface area contributed by atoms with Crippen molar-refractivity contribution >= 4 is 17.7 Å². The van der Waals surface area contributed by atoms with E-state index in [1.807, 2.05) is 18.2 Å². The number of nitrogens with zero attached hydrogens (tertiary/aromatic N) is 2. The molecule has 2 aliphatic rings. The molecule has 0 unspecified atom stereocenters. The van der Waals surface area contributed by atoms with Crippen LogP contribution in [0.15, 0.2) is 30.0 Å². The second-order valence-electron chi connectivity index (χ2n) is 6.68. The topological polar surface area (TPSA) is 39.1 Å². The van der Waals surface area contributed by atoms with Crippen LogP contribution in [0.2, 0.25) is 5.02 Å². The van der Waals surface area contributed by atoms with Gasteiger partial charge in [-0.25, -0.2) is 4.98 Å². The molecule has 0 bridgehead atoms. The molecule has 0 fully saturated rings. The SMILES string of the molecule is Cc1cn2c(n1)[C@H](CNCC1=Cc3cc(Cl)ccc3OC1)CCC2. The summed E-state index contributed by atoms with van der Waals surface area (Å²) >= 11 is 6.07. The molecule has 0 amide bonds. The van der Waals surface area contributed by atoms with Crippen LogP contribution in [0.4, 0.5) is 0 Å². The lowest BCUT2D eigenvalue weighted by Crippen LogP contribution is -2.29. The average Bonchev–Trinajstić information content (AvgIpc) is 2.95. The summed E-state index contributed by atoms with van der Waals surface area (Å²) < 4.78 is 8.12. The summed E-state index contributed by atoms with van der Waals surface area (Å²) in [6.45, 7) is 5.60. The van der Waals surface area contributed by atoms with E-state index < -0.39 is 0 Å². The standard InChI is InChI=1S/C19H22ClN3O/c1-13-11-23-6-2-3-15(19(23)22-13)10-21-9-14-7-16-8-17(20)4-5-18(16)24-12-14/h4-5,7-8,11,15,21H,2-3,6,9-10,12H2,1H3/t15-/m0/s1. The Labute approximate surface area is 147 Å². The number of imidazole rings is 1. The average molecular weight is 344 g/mol. The molecule has 0 saturated heterocycles. The van der Waals surface area contributed by atoms with Gasteiger partial charge in [0.1, 0.15) is 18.2 Å². The summed E-state index contributed by atoms with van der Waals surface area (Å²) in [5.41, 5.74) is 3.43. The smallest absolute Gasteiger partial charge is 0.127 e. The molecule has 1 aromatic heterocycles. The number of aromatic nitrogens is 2. The minimum atomic E-state index is 0.499. The molecule has 24 heavy (non-hydrogen) atoms. The van der Waals surface area contributed by atoms with Gasteiger partial charge in [0, 0.05) is 42.3 Å². The van der Waals surface area contributed by atoms with E-state index in [0.717, 1.165) is 41.7 Å². The van der Waals surface area contributed by atoms with E-state index in [-0.39, 0.29) is 0 Å². The Bertz CT molecular complexity index is 781. The Morgan fingerprint density at radius 3 is 3.25 bits per heavy atom. The Kier molecular flexibility index (Phi) is 4.33. The van der Waals surface area contributed by atoms with E-state index in [0.29, 0.717) is 12.5 Å². The normalized spacial score (nSPS) is 19.2. The summed E-state index contributed by atoms with van der Waals surface area (Å²) in [7, 11) is 0. The first-order valence-electron chi connectivity index (χ1n) is 8.55. The highest BCUT2D eigenvalue weighted by Crippen LogP contribution is 2.29. The van der Waals surface area contributed by atoms with Crippen LogP contribution in [0.5, 0.6) is 5.75 Å². The lowest BCUT2D eigenvalue weighted by atomic mass is 9.98. The quantitative estimate of drug-likeness (QED) is 0.918. The molecule has 1 aromatic carbocycles. The van der Waals surface area contributed by atoms with E-state index in [2.05, 4.69) is 29.1 Å². The predicted octanol–water partition coefficient (Wildman–Crippen LogP) is 3.79. The van der Waals surface area contributed by atoms with Gasteiger partial charge in [0.05, 0.1) is 5.69 Å². The fourth-order valence-corrected chi connectivity index (χ4v) is 3.79. The molecular weight excluding hydrogens is 322 g/mol. The van der Waals surface area contributed by atoms with Gasteiger partial charge in [0.25, 0.3) is 0 Å². The molecule has 0 spiro atoms. The number of rotatable bonds is 4. The first-order valence-corrected chi connectivity index (χ1v) is 8.93. The summed E-state index contributed by atoms with van der Waals surface area (Å²) in [6.07, 6.45) is 6.79. The molecule has 0 aliphatic carbocycles. The lowest BCUT2D eigenvalue weighted by molar-refractivity contribution is 0.341. The highest BCUT2D eigenvalue weighted by molar-refractivity contribution is 6.30. The van der Waals surface area contributed by atoms with Crippen molar-refractivity contribution in [2.24, 2.45) is 0 Å². The molecule has 4 nitrogen and oxygen atoms in total. The van der Waals surface area contributed by atoms with E-state index >= 15 is 0 Å². The van der Waals surface area contributed by atoms with Crippen LogP contribution >= 0.6 is 11.6 Å². The van der Waals surface area contributed by atoms with E-state index in [1.165, 1.54) is 24.2 Å². The zero-order valence-corrected chi connectivity index (χ0v) is 14.6. The van der Waals surface area contributed by atoms with Gasteiger partial charge in [-0.2, -0.15) is 0 Å². The first-order chi connectivity index (χ1) is 11.7. The van der Waals surface area contributed by atoms with Crippen molar-refractivity contribution in [2.75, 3.05) is 19.7 Å². The molecule has 0 radical (unpaired) electrons. The Morgan fingerprint density at radius 2 is 2.33 bits per heavy atom. The van der Waals surface area contributed by atoms with E-state index in [9.17, 15) is 0 Å². The Morgan fingerprint density at radius 1 is 1.42 bits per heavy atom. The number of nitrogens with one attached hydrogen (secondary N) is 1. The van der Waals surface area contributed by atoms with E-state index in [4.69, 9.17) is 21.3 Å². The zero-order valence-electron chi connectivity index (χ0n) is 13.9. The van der Waals surface area contributed by atoms with Crippen LogP contribution in [0.25, 0.3) is 6.08 Å². The molecule has 1 atom stereocenters. The maximum Gasteiger partial charge on any atom is 0.127 e. The van der Waals surface area contributed by atoms with Crippen molar-refractivity contribution in [3.8, 4) is 5.75 Å². The zero-order chi connectivity index (χ0) is 16.5. The summed E-state index contributed by atoms with van der Waals surface area (Å²) in [6, 6.07) is 5.75. The van der Waals surface area contributed by atoms with Gasteiger partial charge in [0.15, 0.2) is 0 Å². The third-order valence-electron chi connectivity index (χ3n) is 4.73. The third-order valence-corrected chi connectivity index (χ3v) is 4.97. The van der Waals surface area contributed by atoms with Crippen molar-refractivity contribution in [1.29, 1.82) is 0 Å². The summed E-state index contributed by atoms with van der Waals surface area (Å²) in [5, 5.41) is 4.33. The predicted molar refractivity (Wildman–Crippen MR) is 96.7 cm³/mol. The molecule has 5 heteroatoms. The molecule has 1 N–H and O–H groups in total. The van der Waals surface area contributed by atoms with Crippen molar-refractivity contribution in [3.05, 3.63) is 52.1 Å². The van der Waals surface area contributed by atoms with Crippen LogP contribution in [0.3, 0.4) is 0 Å². The van der Waals surface area contributed by atoms with Crippen molar-refractivity contribution in [1.82, 2.24) is 14.9 Å². The summed E-state index contributed by atoms with van der Waals surface area (Å²) in [5.74, 6) is 2.64. The molecule has 3 heterocycles. The summed E-state index contributed by atoms with van der Waals surface area (Å²) in [4.78, 5) is 4.71. The maximum atomic E-state index is 6.07. The van der Waals surface area contributed by atoms with Crippen LogP contribution in [0, 0.1) is 6.92 Å². The second kappa shape index (κ2) is 6.61. The third kappa shape index (κ3) is 3.21. The highest BCUT2D eigenvalue weighted by Gasteiger charge is 2.22. The fourth-order valence-electron chi connectivity index (χ4n) is 3.61. The largest absolute Gasteiger partial charge is 0.489 e. The second-order valence-corrected chi connectivity index (χ2v) is 7.11. The molecule has 2 aliphatic heterocycles. The van der Waals surface area contributed by atoms with Gasteiger partial charge in [-0.3, -0.25) is 0 Å². The number of ether oxygens (including phenoxy) is 1. The lowest BCUT2D eigenvalue weighted by Gasteiger charge is -2.24. The minimum absolute atomic E-state index is 0.499. The van der Waals surface area contributed by atoms with Crippen molar-refractivity contribution in [2.45, 2.75) is 32.2 Å². The van der Waals surface area contributed by atoms with Crippen LogP contribution in [0.1, 0.15) is 35.8 Å². The monoisotopic (exact) mass is 343 g/mol. The van der Waals surface area contributed by atoms with Crippen LogP contribution in [-0.2, 0) is 6.54 Å². The minimum Gasteiger partial charge on any atom is -0.489 e. The van der Waals surface area contributed by atoms with Gasteiger partial charge in [-0.1, -0.05) is 11.6 Å². The molecule has 126 valence electrons. The van der Waals surface area contributed by atoms with Crippen molar-refractivity contribution in [3.63, 3.8) is 0 Å². The first kappa shape index (κ1) is 15.7. The number of hydrogen-bond acceptors (Lipinski definition) is 3. The van der Waals surface area contributed by atoms with E-state index in [1.54, 1.807) is 0 Å². The van der Waals surface area contributed by atoms with Crippen LogP contribution in [-0.4, -0.2) is 29.2 Å². The van der Waals surface area contributed by atoms with Gasteiger partial charge in [-0.15, -0.1) is 0 Å². The molecule has 2 aromatic rings. The molecule has 4 rings (SSSR count). The van der Waals surface area contributed by atoms with Gasteiger partial charge >= 0.3 is 0 Å². The number of hydrogen-bond donors (Lipinski definition) is 1. The number of halogens is 1. The Hall–Kier alpha value is -1.78. The van der Waals surface area contributed by atoms with Crippen molar-refractivity contribution < 1.29 is 4.74 Å². The Balaban J connectivity index is 1.38. The molecule has 0 saturated carbocycles. The number of fused-ring (bicyclic) bond motifs is 2. The van der Waals surface area contributed by atoms with Gasteiger partial charge in [-0.05, 0) is 49.6 Å². The van der Waals surface area contributed by atoms with Gasteiger partial charge in [0.2, 0.25) is 0 Å². The maximum absolute atomic E-state index is 6.07. The fraction of sp³-hybridized carbons (Fsp3) is 0.421.